The lowest BCUT2D eigenvalue weighted by Crippen LogP contribution is -2.19. The van der Waals surface area contributed by atoms with Crippen LogP contribution in [0.1, 0.15) is 12.0 Å². The molecule has 0 aliphatic carbocycles. The van der Waals surface area contributed by atoms with E-state index < -0.39 is 6.36 Å². The summed E-state index contributed by atoms with van der Waals surface area (Å²) in [4.78, 5) is 11.9. The number of halogens is 3. The molecule has 1 atom stereocenters. The minimum Gasteiger partial charge on any atom is -0.406 e. The molecule has 0 saturated carbocycles. The molecule has 0 amide bonds. The van der Waals surface area contributed by atoms with E-state index in [-0.39, 0.29) is 23.9 Å². The van der Waals surface area contributed by atoms with E-state index in [2.05, 4.69) is 10.1 Å². The van der Waals surface area contributed by atoms with Crippen molar-refractivity contribution in [3.8, 4) is 5.75 Å². The van der Waals surface area contributed by atoms with Gasteiger partial charge < -0.3 is 10.1 Å². The predicted octanol–water partition coefficient (Wildman–Crippen LogP) is 2.31. The van der Waals surface area contributed by atoms with Crippen molar-refractivity contribution >= 4 is 5.78 Å². The Labute approximate surface area is 108 Å². The molecule has 6 heteroatoms. The summed E-state index contributed by atoms with van der Waals surface area (Å²) < 4.78 is 39.7. The molecule has 1 fully saturated rings. The van der Waals surface area contributed by atoms with Gasteiger partial charge in [0.25, 0.3) is 0 Å². The fourth-order valence-corrected chi connectivity index (χ4v) is 2.08. The van der Waals surface area contributed by atoms with Gasteiger partial charge in [-0.1, -0.05) is 12.1 Å². The summed E-state index contributed by atoms with van der Waals surface area (Å²) in [7, 11) is 0. The molecular formula is C13H14F3NO2. The molecule has 1 saturated heterocycles. The average molecular weight is 273 g/mol. The van der Waals surface area contributed by atoms with Crippen molar-refractivity contribution in [1.82, 2.24) is 5.32 Å². The molecule has 104 valence electrons. The first-order chi connectivity index (χ1) is 8.94. The maximum absolute atomic E-state index is 12.0. The van der Waals surface area contributed by atoms with Gasteiger partial charge in [0, 0.05) is 18.9 Å². The number of Topliss-reactive ketones (excluding diaryl/α,β-unsaturated/α-hetero) is 1. The van der Waals surface area contributed by atoms with Crippen molar-refractivity contribution in [3.05, 3.63) is 29.8 Å². The van der Waals surface area contributed by atoms with Gasteiger partial charge in [-0.2, -0.15) is 0 Å². The molecule has 1 aliphatic rings. The third-order valence-corrected chi connectivity index (χ3v) is 3.05. The molecule has 19 heavy (non-hydrogen) atoms. The van der Waals surface area contributed by atoms with Crippen LogP contribution in [0.3, 0.4) is 0 Å². The largest absolute Gasteiger partial charge is 0.573 e. The smallest absolute Gasteiger partial charge is 0.406 e. The number of nitrogens with one attached hydrogen (secondary N) is 1. The van der Waals surface area contributed by atoms with Crippen molar-refractivity contribution in [2.24, 2.45) is 5.92 Å². The summed E-state index contributed by atoms with van der Waals surface area (Å²) in [6.45, 7) is 1.53. The minimum absolute atomic E-state index is 0.0195. The number of alkyl halides is 3. The van der Waals surface area contributed by atoms with E-state index in [9.17, 15) is 18.0 Å². The highest BCUT2D eigenvalue weighted by Crippen LogP contribution is 2.23. The maximum Gasteiger partial charge on any atom is 0.573 e. The molecule has 1 aromatic carbocycles. The van der Waals surface area contributed by atoms with E-state index in [0.29, 0.717) is 12.1 Å². The highest BCUT2D eigenvalue weighted by molar-refractivity contribution is 5.83. The standard InChI is InChI=1S/C13H14F3NO2/c14-13(15,16)19-11-3-1-9(2-4-11)7-12(18)10-5-6-17-8-10/h1-4,10,17H,5-8H2. The number of ether oxygens (including phenoxy) is 1. The zero-order valence-corrected chi connectivity index (χ0v) is 10.2. The Bertz CT molecular complexity index is 436. The molecule has 1 aliphatic heterocycles. The lowest BCUT2D eigenvalue weighted by Gasteiger charge is -2.10. The Morgan fingerprint density at radius 2 is 2.00 bits per heavy atom. The number of carbonyl (C=O) groups is 1. The van der Waals surface area contributed by atoms with Crippen LogP contribution in [-0.2, 0) is 11.2 Å². The summed E-state index contributed by atoms with van der Waals surface area (Å²) in [6, 6.07) is 5.43. The number of hydrogen-bond donors (Lipinski definition) is 1. The van der Waals surface area contributed by atoms with Crippen LogP contribution < -0.4 is 10.1 Å². The first kappa shape index (κ1) is 13.9. The third-order valence-electron chi connectivity index (χ3n) is 3.05. The van der Waals surface area contributed by atoms with Crippen molar-refractivity contribution in [1.29, 1.82) is 0 Å². The zero-order valence-electron chi connectivity index (χ0n) is 10.2. The summed E-state index contributed by atoms with van der Waals surface area (Å²) in [6.07, 6.45) is -3.61. The maximum atomic E-state index is 12.0. The van der Waals surface area contributed by atoms with Gasteiger partial charge >= 0.3 is 6.36 Å². The Hall–Kier alpha value is -1.56. The topological polar surface area (TPSA) is 38.3 Å². The van der Waals surface area contributed by atoms with Crippen LogP contribution in [0.2, 0.25) is 0 Å². The van der Waals surface area contributed by atoms with Gasteiger partial charge in [-0.25, -0.2) is 0 Å². The Morgan fingerprint density at radius 3 is 2.53 bits per heavy atom. The molecule has 0 bridgehead atoms. The second-order valence-corrected chi connectivity index (χ2v) is 4.52. The summed E-state index contributed by atoms with van der Waals surface area (Å²) in [5, 5.41) is 3.11. The van der Waals surface area contributed by atoms with E-state index in [0.717, 1.165) is 13.0 Å². The Morgan fingerprint density at radius 1 is 1.32 bits per heavy atom. The predicted molar refractivity (Wildman–Crippen MR) is 62.8 cm³/mol. The van der Waals surface area contributed by atoms with Gasteiger partial charge in [0.05, 0.1) is 0 Å². The fourth-order valence-electron chi connectivity index (χ4n) is 2.08. The lowest BCUT2D eigenvalue weighted by molar-refractivity contribution is -0.274. The number of hydrogen-bond acceptors (Lipinski definition) is 3. The first-order valence-corrected chi connectivity index (χ1v) is 6.02. The molecule has 1 aromatic rings. The molecule has 1 N–H and O–H groups in total. The van der Waals surface area contributed by atoms with Gasteiger partial charge in [-0.15, -0.1) is 13.2 Å². The third kappa shape index (κ3) is 4.24. The summed E-state index contributed by atoms with van der Waals surface area (Å²) in [5.41, 5.74) is 0.700. The Balaban J connectivity index is 1.93. The number of ketones is 1. The molecular weight excluding hydrogens is 259 g/mol. The molecule has 3 nitrogen and oxygen atoms in total. The number of benzene rings is 1. The SMILES string of the molecule is O=C(Cc1ccc(OC(F)(F)F)cc1)C1CCNC1. The summed E-state index contributed by atoms with van der Waals surface area (Å²) in [5.74, 6) is -0.133. The lowest BCUT2D eigenvalue weighted by atomic mass is 9.97. The van der Waals surface area contributed by atoms with Crippen molar-refractivity contribution in [2.45, 2.75) is 19.2 Å². The van der Waals surface area contributed by atoms with E-state index in [1.54, 1.807) is 0 Å². The molecule has 2 rings (SSSR count). The van der Waals surface area contributed by atoms with Crippen molar-refractivity contribution < 1.29 is 22.7 Å². The van der Waals surface area contributed by atoms with Crippen LogP contribution >= 0.6 is 0 Å². The van der Waals surface area contributed by atoms with Crippen LogP contribution in [0, 0.1) is 5.92 Å². The van der Waals surface area contributed by atoms with Gasteiger partial charge in [-0.05, 0) is 30.7 Å². The van der Waals surface area contributed by atoms with Crippen LogP contribution in [-0.4, -0.2) is 25.2 Å². The monoisotopic (exact) mass is 273 g/mol. The zero-order chi connectivity index (χ0) is 13.9. The van der Waals surface area contributed by atoms with Crippen LogP contribution in [0.25, 0.3) is 0 Å². The normalized spacial score (nSPS) is 19.4. The molecule has 1 heterocycles. The average Bonchev–Trinajstić information content (AvgIpc) is 2.83. The number of rotatable bonds is 4. The molecule has 0 radical (unpaired) electrons. The van der Waals surface area contributed by atoms with E-state index in [1.807, 2.05) is 0 Å². The molecule has 0 spiro atoms. The van der Waals surface area contributed by atoms with Gasteiger partial charge in [0.2, 0.25) is 0 Å². The fraction of sp³-hybridized carbons (Fsp3) is 0.462. The van der Waals surface area contributed by atoms with Crippen LogP contribution in [0.5, 0.6) is 5.75 Å². The first-order valence-electron chi connectivity index (χ1n) is 6.02. The van der Waals surface area contributed by atoms with Crippen LogP contribution in [0.4, 0.5) is 13.2 Å². The highest BCUT2D eigenvalue weighted by Gasteiger charge is 2.31. The van der Waals surface area contributed by atoms with Gasteiger partial charge in [0.15, 0.2) is 0 Å². The second kappa shape index (κ2) is 5.61. The van der Waals surface area contributed by atoms with E-state index >= 15 is 0 Å². The van der Waals surface area contributed by atoms with E-state index in [4.69, 9.17) is 0 Å². The van der Waals surface area contributed by atoms with Crippen molar-refractivity contribution in [3.63, 3.8) is 0 Å². The highest BCUT2D eigenvalue weighted by atomic mass is 19.4. The quantitative estimate of drug-likeness (QED) is 0.914. The number of carbonyl (C=O) groups excluding carboxylic acids is 1. The van der Waals surface area contributed by atoms with Gasteiger partial charge in [0.1, 0.15) is 11.5 Å². The van der Waals surface area contributed by atoms with E-state index in [1.165, 1.54) is 24.3 Å². The molecule has 1 unspecified atom stereocenters. The van der Waals surface area contributed by atoms with Gasteiger partial charge in [-0.3, -0.25) is 4.79 Å². The van der Waals surface area contributed by atoms with Crippen molar-refractivity contribution in [2.75, 3.05) is 13.1 Å². The molecule has 0 aromatic heterocycles. The second-order valence-electron chi connectivity index (χ2n) is 4.52. The Kier molecular flexibility index (Phi) is 4.09. The minimum atomic E-state index is -4.69. The van der Waals surface area contributed by atoms with Crippen LogP contribution in [0.15, 0.2) is 24.3 Å². The summed E-state index contributed by atoms with van der Waals surface area (Å²) >= 11 is 0.